The number of unbranched alkanes of at least 4 members (excludes halogenated alkanes) is 1. The Hall–Kier alpha value is -1.22. The molecule has 0 saturated heterocycles. The Morgan fingerprint density at radius 3 is 2.56 bits per heavy atom. The van der Waals surface area contributed by atoms with Crippen molar-refractivity contribution >= 4 is 0 Å². The molecule has 0 radical (unpaired) electrons. The number of benzene rings is 1. The van der Waals surface area contributed by atoms with Gasteiger partial charge in [0.15, 0.2) is 0 Å². The average Bonchev–Trinajstić information content (AvgIpc) is 2.31. The second-order valence-corrected chi connectivity index (χ2v) is 3.62. The van der Waals surface area contributed by atoms with Gasteiger partial charge in [-0.2, -0.15) is 0 Å². The van der Waals surface area contributed by atoms with Crippen LogP contribution >= 0.6 is 0 Å². The lowest BCUT2D eigenvalue weighted by Crippen LogP contribution is -2.02. The third kappa shape index (κ3) is 3.42. The lowest BCUT2D eigenvalue weighted by atomic mass is 10.1. The molecule has 16 heavy (non-hydrogen) atoms. The SMILES string of the molecule is CCOc1cccc(OC)c1CCCCN. The first-order chi connectivity index (χ1) is 7.83. The van der Waals surface area contributed by atoms with Crippen molar-refractivity contribution in [3.8, 4) is 11.5 Å². The second kappa shape index (κ2) is 7.12. The molecule has 0 fully saturated rings. The van der Waals surface area contributed by atoms with E-state index in [0.29, 0.717) is 6.61 Å². The van der Waals surface area contributed by atoms with Crippen molar-refractivity contribution in [1.29, 1.82) is 0 Å². The molecule has 1 aromatic rings. The smallest absolute Gasteiger partial charge is 0.126 e. The van der Waals surface area contributed by atoms with Crippen LogP contribution in [0.1, 0.15) is 25.3 Å². The summed E-state index contributed by atoms with van der Waals surface area (Å²) in [6.45, 7) is 3.40. The molecule has 1 rings (SSSR count). The van der Waals surface area contributed by atoms with Crippen molar-refractivity contribution in [3.05, 3.63) is 23.8 Å². The Kier molecular flexibility index (Phi) is 5.72. The molecule has 2 N–H and O–H groups in total. The van der Waals surface area contributed by atoms with Crippen LogP contribution in [-0.4, -0.2) is 20.3 Å². The van der Waals surface area contributed by atoms with Crippen molar-refractivity contribution in [1.82, 2.24) is 0 Å². The third-order valence-electron chi connectivity index (χ3n) is 2.49. The van der Waals surface area contributed by atoms with E-state index in [9.17, 15) is 0 Å². The molecule has 0 amide bonds. The van der Waals surface area contributed by atoms with Crippen LogP contribution in [-0.2, 0) is 6.42 Å². The summed E-state index contributed by atoms with van der Waals surface area (Å²) in [5.41, 5.74) is 6.65. The molecule has 0 atom stereocenters. The van der Waals surface area contributed by atoms with Gasteiger partial charge in [0.1, 0.15) is 11.5 Å². The molecule has 3 nitrogen and oxygen atoms in total. The van der Waals surface area contributed by atoms with Crippen LogP contribution in [0.5, 0.6) is 11.5 Å². The van der Waals surface area contributed by atoms with E-state index in [1.165, 1.54) is 0 Å². The number of methoxy groups -OCH3 is 1. The average molecular weight is 223 g/mol. The van der Waals surface area contributed by atoms with Gasteiger partial charge in [0, 0.05) is 5.56 Å². The van der Waals surface area contributed by atoms with Crippen LogP contribution in [0.3, 0.4) is 0 Å². The largest absolute Gasteiger partial charge is 0.496 e. The monoisotopic (exact) mass is 223 g/mol. The van der Waals surface area contributed by atoms with Gasteiger partial charge in [0.25, 0.3) is 0 Å². The molecular weight excluding hydrogens is 202 g/mol. The molecule has 0 spiro atoms. The predicted octanol–water partition coefficient (Wildman–Crippen LogP) is 2.38. The van der Waals surface area contributed by atoms with Crippen molar-refractivity contribution in [2.75, 3.05) is 20.3 Å². The van der Waals surface area contributed by atoms with Gasteiger partial charge in [0.05, 0.1) is 13.7 Å². The quantitative estimate of drug-likeness (QED) is 0.722. The summed E-state index contributed by atoms with van der Waals surface area (Å²) in [5.74, 6) is 1.84. The highest BCUT2D eigenvalue weighted by Gasteiger charge is 2.09. The molecule has 0 aliphatic carbocycles. The maximum atomic E-state index is 5.60. The molecule has 0 unspecified atom stereocenters. The molecule has 1 aromatic carbocycles. The van der Waals surface area contributed by atoms with Crippen molar-refractivity contribution in [2.45, 2.75) is 26.2 Å². The molecule has 0 heterocycles. The summed E-state index contributed by atoms with van der Waals surface area (Å²) in [7, 11) is 1.69. The standard InChI is InChI=1S/C13H21NO2/c1-3-16-13-9-6-8-12(15-2)11(13)7-4-5-10-14/h6,8-9H,3-5,7,10,14H2,1-2H3. The topological polar surface area (TPSA) is 44.5 Å². The summed E-state index contributed by atoms with van der Waals surface area (Å²) >= 11 is 0. The first-order valence-electron chi connectivity index (χ1n) is 5.82. The maximum absolute atomic E-state index is 5.60. The molecule has 90 valence electrons. The zero-order chi connectivity index (χ0) is 11.8. The summed E-state index contributed by atoms with van der Waals surface area (Å²) < 4.78 is 11.0. The van der Waals surface area contributed by atoms with Crippen molar-refractivity contribution in [3.63, 3.8) is 0 Å². The number of ether oxygens (including phenoxy) is 2. The normalized spacial score (nSPS) is 10.2. The minimum absolute atomic E-state index is 0.678. The molecule has 0 bridgehead atoms. The van der Waals surface area contributed by atoms with Gasteiger partial charge in [-0.3, -0.25) is 0 Å². The summed E-state index contributed by atoms with van der Waals surface area (Å²) in [5, 5.41) is 0. The van der Waals surface area contributed by atoms with Crippen LogP contribution in [0.25, 0.3) is 0 Å². The zero-order valence-corrected chi connectivity index (χ0v) is 10.2. The fourth-order valence-electron chi connectivity index (χ4n) is 1.72. The fraction of sp³-hybridized carbons (Fsp3) is 0.538. The van der Waals surface area contributed by atoms with Gasteiger partial charge in [0.2, 0.25) is 0 Å². The number of nitrogens with two attached hydrogens (primary N) is 1. The first kappa shape index (κ1) is 12.8. The molecule has 0 aliphatic rings. The minimum atomic E-state index is 0.678. The molecule has 0 saturated carbocycles. The van der Waals surface area contributed by atoms with Gasteiger partial charge in [-0.05, 0) is 44.9 Å². The van der Waals surface area contributed by atoms with E-state index in [-0.39, 0.29) is 0 Å². The highest BCUT2D eigenvalue weighted by molar-refractivity contribution is 5.44. The van der Waals surface area contributed by atoms with E-state index < -0.39 is 0 Å². The lowest BCUT2D eigenvalue weighted by Gasteiger charge is -2.13. The highest BCUT2D eigenvalue weighted by atomic mass is 16.5. The van der Waals surface area contributed by atoms with Crippen LogP contribution in [0.4, 0.5) is 0 Å². The Bertz CT molecular complexity index is 313. The van der Waals surface area contributed by atoms with E-state index in [1.54, 1.807) is 7.11 Å². The van der Waals surface area contributed by atoms with Crippen molar-refractivity contribution < 1.29 is 9.47 Å². The molecule has 3 heteroatoms. The Balaban J connectivity index is 2.81. The maximum Gasteiger partial charge on any atom is 0.126 e. The number of hydrogen-bond donors (Lipinski definition) is 1. The lowest BCUT2D eigenvalue weighted by molar-refractivity contribution is 0.330. The second-order valence-electron chi connectivity index (χ2n) is 3.62. The third-order valence-corrected chi connectivity index (χ3v) is 2.49. The molecular formula is C13H21NO2. The van der Waals surface area contributed by atoms with Gasteiger partial charge in [-0.25, -0.2) is 0 Å². The Labute approximate surface area is 97.6 Å². The summed E-state index contributed by atoms with van der Waals surface area (Å²) in [6, 6.07) is 5.92. The Morgan fingerprint density at radius 2 is 1.94 bits per heavy atom. The summed E-state index contributed by atoms with van der Waals surface area (Å²) in [4.78, 5) is 0. The van der Waals surface area contributed by atoms with Gasteiger partial charge >= 0.3 is 0 Å². The van der Waals surface area contributed by atoms with Gasteiger partial charge in [-0.15, -0.1) is 0 Å². The van der Waals surface area contributed by atoms with Crippen LogP contribution in [0, 0.1) is 0 Å². The highest BCUT2D eigenvalue weighted by Crippen LogP contribution is 2.29. The van der Waals surface area contributed by atoms with Crippen LogP contribution < -0.4 is 15.2 Å². The van der Waals surface area contributed by atoms with E-state index in [0.717, 1.165) is 42.9 Å². The van der Waals surface area contributed by atoms with Crippen LogP contribution in [0.2, 0.25) is 0 Å². The number of rotatable bonds is 7. The van der Waals surface area contributed by atoms with Crippen LogP contribution in [0.15, 0.2) is 18.2 Å². The fourth-order valence-corrected chi connectivity index (χ4v) is 1.72. The first-order valence-corrected chi connectivity index (χ1v) is 5.82. The van der Waals surface area contributed by atoms with E-state index in [4.69, 9.17) is 15.2 Å². The zero-order valence-electron chi connectivity index (χ0n) is 10.2. The number of hydrogen-bond acceptors (Lipinski definition) is 3. The van der Waals surface area contributed by atoms with E-state index >= 15 is 0 Å². The van der Waals surface area contributed by atoms with Gasteiger partial charge < -0.3 is 15.2 Å². The summed E-state index contributed by atoms with van der Waals surface area (Å²) in [6.07, 6.45) is 3.05. The molecule has 0 aliphatic heterocycles. The van der Waals surface area contributed by atoms with Crippen molar-refractivity contribution in [2.24, 2.45) is 5.73 Å². The van der Waals surface area contributed by atoms with E-state index in [1.807, 2.05) is 25.1 Å². The predicted molar refractivity (Wildman–Crippen MR) is 66.2 cm³/mol. The van der Waals surface area contributed by atoms with E-state index in [2.05, 4.69) is 0 Å². The minimum Gasteiger partial charge on any atom is -0.496 e. The molecule has 0 aromatic heterocycles. The van der Waals surface area contributed by atoms with Gasteiger partial charge in [-0.1, -0.05) is 6.07 Å². The Morgan fingerprint density at radius 1 is 1.19 bits per heavy atom.